The first-order valence-electron chi connectivity index (χ1n) is 7.87. The van der Waals surface area contributed by atoms with E-state index < -0.39 is 0 Å². The largest absolute Gasteiger partial charge is 0.496 e. The summed E-state index contributed by atoms with van der Waals surface area (Å²) in [4.78, 5) is 0. The lowest BCUT2D eigenvalue weighted by atomic mass is 9.76. The standard InChI is InChI=1S/C18H30BrNO/c1-8-10-20-17(18(5,6)9-2)15-13(4)14(19)11-12(3)16(15)21-7/h11,17,20H,8-10H2,1-7H3. The molecule has 1 unspecified atom stereocenters. The quantitative estimate of drug-likeness (QED) is 0.691. The van der Waals surface area contributed by atoms with E-state index in [1.165, 1.54) is 16.7 Å². The van der Waals surface area contributed by atoms with Crippen LogP contribution < -0.4 is 10.1 Å². The highest BCUT2D eigenvalue weighted by molar-refractivity contribution is 9.10. The van der Waals surface area contributed by atoms with Crippen molar-refractivity contribution >= 4 is 15.9 Å². The number of ether oxygens (including phenoxy) is 1. The van der Waals surface area contributed by atoms with E-state index in [1.54, 1.807) is 7.11 Å². The van der Waals surface area contributed by atoms with Crippen LogP contribution in [0.2, 0.25) is 0 Å². The molecule has 0 radical (unpaired) electrons. The van der Waals surface area contributed by atoms with Gasteiger partial charge < -0.3 is 10.1 Å². The van der Waals surface area contributed by atoms with Crippen molar-refractivity contribution < 1.29 is 4.74 Å². The van der Waals surface area contributed by atoms with Gasteiger partial charge in [0.1, 0.15) is 5.75 Å². The minimum Gasteiger partial charge on any atom is -0.496 e. The Kier molecular flexibility index (Phi) is 6.73. The van der Waals surface area contributed by atoms with Gasteiger partial charge in [0, 0.05) is 16.1 Å². The van der Waals surface area contributed by atoms with Gasteiger partial charge >= 0.3 is 0 Å². The topological polar surface area (TPSA) is 21.3 Å². The number of nitrogens with one attached hydrogen (secondary N) is 1. The molecule has 0 amide bonds. The van der Waals surface area contributed by atoms with Crippen molar-refractivity contribution in [2.45, 2.75) is 60.4 Å². The molecule has 1 atom stereocenters. The Labute approximate surface area is 138 Å². The van der Waals surface area contributed by atoms with Gasteiger partial charge in [0.15, 0.2) is 0 Å². The summed E-state index contributed by atoms with van der Waals surface area (Å²) >= 11 is 3.70. The Balaban J connectivity index is 3.49. The van der Waals surface area contributed by atoms with Gasteiger partial charge in [-0.3, -0.25) is 0 Å². The minimum absolute atomic E-state index is 0.167. The van der Waals surface area contributed by atoms with Crippen LogP contribution in [0.5, 0.6) is 5.75 Å². The Morgan fingerprint density at radius 3 is 2.38 bits per heavy atom. The average Bonchev–Trinajstić information content (AvgIpc) is 2.44. The van der Waals surface area contributed by atoms with Gasteiger partial charge in [-0.1, -0.05) is 43.6 Å². The van der Waals surface area contributed by atoms with Crippen LogP contribution in [-0.4, -0.2) is 13.7 Å². The summed E-state index contributed by atoms with van der Waals surface area (Å²) in [6.07, 6.45) is 2.24. The predicted octanol–water partition coefficient (Wildman–Crippen LogP) is 5.55. The third-order valence-electron chi connectivity index (χ3n) is 4.49. The lowest BCUT2D eigenvalue weighted by Crippen LogP contribution is -2.35. The summed E-state index contributed by atoms with van der Waals surface area (Å²) in [5.41, 5.74) is 3.91. The molecule has 0 aliphatic rings. The maximum Gasteiger partial charge on any atom is 0.126 e. The molecule has 1 N–H and O–H groups in total. The molecule has 0 spiro atoms. The summed E-state index contributed by atoms with van der Waals surface area (Å²) < 4.78 is 6.91. The van der Waals surface area contributed by atoms with Crippen molar-refractivity contribution in [3.8, 4) is 5.75 Å². The molecule has 0 heterocycles. The van der Waals surface area contributed by atoms with Crippen LogP contribution in [0.3, 0.4) is 0 Å². The summed E-state index contributed by atoms with van der Waals surface area (Å²) in [6, 6.07) is 2.43. The molecule has 1 rings (SSSR count). The fraction of sp³-hybridized carbons (Fsp3) is 0.667. The highest BCUT2D eigenvalue weighted by Crippen LogP contribution is 2.44. The van der Waals surface area contributed by atoms with Crippen LogP contribution in [0.25, 0.3) is 0 Å². The Morgan fingerprint density at radius 1 is 1.29 bits per heavy atom. The van der Waals surface area contributed by atoms with Crippen LogP contribution in [0, 0.1) is 19.3 Å². The van der Waals surface area contributed by atoms with Crippen molar-refractivity contribution in [3.05, 3.63) is 27.2 Å². The number of hydrogen-bond acceptors (Lipinski definition) is 2. The van der Waals surface area contributed by atoms with Crippen molar-refractivity contribution in [2.24, 2.45) is 5.41 Å². The molecule has 21 heavy (non-hydrogen) atoms. The molecule has 0 fully saturated rings. The summed E-state index contributed by atoms with van der Waals surface area (Å²) in [5.74, 6) is 1.02. The SMILES string of the molecule is CCCNC(c1c(C)c(Br)cc(C)c1OC)C(C)(C)CC. The highest BCUT2D eigenvalue weighted by Gasteiger charge is 2.33. The molecule has 0 saturated carbocycles. The third kappa shape index (κ3) is 4.01. The number of benzene rings is 1. The van der Waals surface area contributed by atoms with Gasteiger partial charge in [0.05, 0.1) is 7.11 Å². The lowest BCUT2D eigenvalue weighted by molar-refractivity contribution is 0.228. The Bertz CT molecular complexity index is 483. The number of methoxy groups -OCH3 is 1. The van der Waals surface area contributed by atoms with E-state index in [-0.39, 0.29) is 11.5 Å². The van der Waals surface area contributed by atoms with Crippen LogP contribution >= 0.6 is 15.9 Å². The van der Waals surface area contributed by atoms with Crippen LogP contribution in [0.1, 0.15) is 63.3 Å². The summed E-state index contributed by atoms with van der Waals surface area (Å²) in [6.45, 7) is 14.4. The smallest absolute Gasteiger partial charge is 0.126 e. The zero-order chi connectivity index (χ0) is 16.2. The normalized spacial score (nSPS) is 13.3. The van der Waals surface area contributed by atoms with E-state index in [2.05, 4.69) is 68.9 Å². The van der Waals surface area contributed by atoms with Crippen LogP contribution in [-0.2, 0) is 0 Å². The summed E-state index contributed by atoms with van der Waals surface area (Å²) in [5, 5.41) is 3.75. The molecule has 0 aliphatic carbocycles. The predicted molar refractivity (Wildman–Crippen MR) is 95.3 cm³/mol. The van der Waals surface area contributed by atoms with Crippen molar-refractivity contribution in [1.82, 2.24) is 5.32 Å². The molecule has 0 aliphatic heterocycles. The van der Waals surface area contributed by atoms with E-state index in [0.29, 0.717) is 0 Å². The van der Waals surface area contributed by atoms with E-state index in [1.807, 2.05) is 0 Å². The van der Waals surface area contributed by atoms with Crippen molar-refractivity contribution in [1.29, 1.82) is 0 Å². The number of hydrogen-bond donors (Lipinski definition) is 1. The summed E-state index contributed by atoms with van der Waals surface area (Å²) in [7, 11) is 1.77. The fourth-order valence-corrected chi connectivity index (χ4v) is 3.31. The highest BCUT2D eigenvalue weighted by atomic mass is 79.9. The lowest BCUT2D eigenvalue weighted by Gasteiger charge is -2.37. The second-order valence-corrected chi connectivity index (χ2v) is 7.33. The molecule has 3 heteroatoms. The first-order chi connectivity index (χ1) is 9.80. The number of rotatable bonds is 7. The number of halogens is 1. The molecule has 1 aromatic carbocycles. The van der Waals surface area contributed by atoms with Gasteiger partial charge in [-0.2, -0.15) is 0 Å². The zero-order valence-electron chi connectivity index (χ0n) is 14.6. The molecule has 0 bridgehead atoms. The van der Waals surface area contributed by atoms with E-state index >= 15 is 0 Å². The fourth-order valence-electron chi connectivity index (χ4n) is 2.76. The molecule has 0 saturated heterocycles. The maximum absolute atomic E-state index is 5.75. The third-order valence-corrected chi connectivity index (χ3v) is 5.32. The number of aryl methyl sites for hydroxylation is 1. The zero-order valence-corrected chi connectivity index (χ0v) is 16.1. The van der Waals surface area contributed by atoms with Gasteiger partial charge in [0.25, 0.3) is 0 Å². The molecule has 2 nitrogen and oxygen atoms in total. The first kappa shape index (κ1) is 18.5. The van der Waals surface area contributed by atoms with Gasteiger partial charge in [-0.05, 0) is 55.8 Å². The molecular weight excluding hydrogens is 326 g/mol. The van der Waals surface area contributed by atoms with E-state index in [9.17, 15) is 0 Å². The molecule has 0 aromatic heterocycles. The van der Waals surface area contributed by atoms with Crippen LogP contribution in [0.15, 0.2) is 10.5 Å². The Hall–Kier alpha value is -0.540. The first-order valence-corrected chi connectivity index (χ1v) is 8.66. The van der Waals surface area contributed by atoms with Crippen molar-refractivity contribution in [3.63, 3.8) is 0 Å². The van der Waals surface area contributed by atoms with Crippen molar-refractivity contribution in [2.75, 3.05) is 13.7 Å². The van der Waals surface area contributed by atoms with Gasteiger partial charge in [-0.25, -0.2) is 0 Å². The Morgan fingerprint density at radius 2 is 1.90 bits per heavy atom. The molecule has 120 valence electrons. The van der Waals surface area contributed by atoms with Gasteiger partial charge in [0.2, 0.25) is 0 Å². The molecular formula is C18H30BrNO. The minimum atomic E-state index is 0.167. The second-order valence-electron chi connectivity index (χ2n) is 6.48. The second kappa shape index (κ2) is 7.64. The van der Waals surface area contributed by atoms with E-state index in [4.69, 9.17) is 4.74 Å². The monoisotopic (exact) mass is 355 g/mol. The van der Waals surface area contributed by atoms with E-state index in [0.717, 1.165) is 29.6 Å². The van der Waals surface area contributed by atoms with Gasteiger partial charge in [-0.15, -0.1) is 0 Å². The average molecular weight is 356 g/mol. The molecule has 1 aromatic rings. The maximum atomic E-state index is 5.75. The van der Waals surface area contributed by atoms with Crippen LogP contribution in [0.4, 0.5) is 0 Å².